The van der Waals surface area contributed by atoms with Crippen molar-refractivity contribution in [3.8, 4) is 11.5 Å². The maximum atomic E-state index is 13.9. The highest BCUT2D eigenvalue weighted by molar-refractivity contribution is 7.90. The molecule has 0 spiro atoms. The van der Waals surface area contributed by atoms with Crippen LogP contribution in [0.2, 0.25) is 0 Å². The quantitative estimate of drug-likeness (QED) is 0.0907. The van der Waals surface area contributed by atoms with Crippen molar-refractivity contribution in [2.75, 3.05) is 0 Å². The van der Waals surface area contributed by atoms with Crippen LogP contribution in [-0.4, -0.2) is 73.4 Å². The average Bonchev–Trinajstić information content (AvgIpc) is 2.95. The summed E-state index contributed by atoms with van der Waals surface area (Å²) in [4.78, 5) is 21.7. The maximum Gasteiger partial charge on any atom is 0.320 e. The van der Waals surface area contributed by atoms with Crippen LogP contribution in [0.5, 0.6) is 11.5 Å². The molecule has 0 aliphatic carbocycles. The zero-order valence-electron chi connectivity index (χ0n) is 23.8. The fourth-order valence-corrected chi connectivity index (χ4v) is 8.51. The summed E-state index contributed by atoms with van der Waals surface area (Å²) in [6.45, 7) is 3.26. The van der Waals surface area contributed by atoms with Crippen LogP contribution in [0.3, 0.4) is 0 Å². The summed E-state index contributed by atoms with van der Waals surface area (Å²) in [7, 11) is -9.10. The molecule has 0 aromatic heterocycles. The Morgan fingerprint density at radius 3 is 1.36 bits per heavy atom. The highest BCUT2D eigenvalue weighted by atomic mass is 32.2. The lowest BCUT2D eigenvalue weighted by atomic mass is 9.93. The molecule has 0 aliphatic rings. The molecular weight excluding hydrogens is 616 g/mol. The first-order chi connectivity index (χ1) is 20.5. The standard InChI is InChI=1S/C28H34N4O10S2/c1-3-13(9-19(29)27(35)36)31-43(39,40)23-12-24(44(41,42)32-14(4-2)10-20(30)28(37)38)18-8-6-16-22(34)11-21(33)15-5-7-17(23)26(18)25(15)16/h5-8,11-14,19-20,31-34H,3-4,9-10,29-30H2,1-2H3,(H,35,36)(H,37,38). The number of benzene rings is 4. The molecule has 14 nitrogen and oxygen atoms in total. The molecule has 0 saturated heterocycles. The Kier molecular flexibility index (Phi) is 9.25. The molecule has 0 saturated carbocycles. The van der Waals surface area contributed by atoms with Gasteiger partial charge >= 0.3 is 11.9 Å². The number of aliphatic carboxylic acids is 2. The van der Waals surface area contributed by atoms with Gasteiger partial charge < -0.3 is 31.9 Å². The number of hydrogen-bond acceptors (Lipinski definition) is 10. The van der Waals surface area contributed by atoms with Crippen LogP contribution >= 0.6 is 0 Å². The highest BCUT2D eigenvalue weighted by Crippen LogP contribution is 2.45. The van der Waals surface area contributed by atoms with E-state index in [9.17, 15) is 46.9 Å². The van der Waals surface area contributed by atoms with Crippen molar-refractivity contribution in [2.45, 2.75) is 73.5 Å². The molecule has 0 amide bonds. The number of phenols is 2. The first-order valence-corrected chi connectivity index (χ1v) is 16.7. The van der Waals surface area contributed by atoms with E-state index in [0.717, 1.165) is 12.1 Å². The van der Waals surface area contributed by atoms with Crippen molar-refractivity contribution < 1.29 is 46.9 Å². The van der Waals surface area contributed by atoms with Crippen LogP contribution in [0, 0.1) is 0 Å². The molecule has 4 aromatic carbocycles. The van der Waals surface area contributed by atoms with Crippen molar-refractivity contribution in [3.05, 3.63) is 36.4 Å². The lowest BCUT2D eigenvalue weighted by molar-refractivity contribution is -0.139. The van der Waals surface area contributed by atoms with Crippen molar-refractivity contribution in [3.63, 3.8) is 0 Å². The van der Waals surface area contributed by atoms with Gasteiger partial charge in [0.15, 0.2) is 0 Å². The largest absolute Gasteiger partial charge is 0.507 e. The summed E-state index contributed by atoms with van der Waals surface area (Å²) in [5.41, 5.74) is 11.3. The number of hydrogen-bond donors (Lipinski definition) is 8. The molecule has 4 atom stereocenters. The second-order valence-corrected chi connectivity index (χ2v) is 14.0. The lowest BCUT2D eigenvalue weighted by Gasteiger charge is -2.23. The molecule has 0 radical (unpaired) electrons. The Morgan fingerprint density at radius 1 is 0.682 bits per heavy atom. The van der Waals surface area contributed by atoms with Crippen molar-refractivity contribution in [1.82, 2.24) is 9.44 Å². The van der Waals surface area contributed by atoms with Crippen LogP contribution in [0.1, 0.15) is 39.5 Å². The number of carboxylic acid groups (broad SMARTS) is 2. The maximum absolute atomic E-state index is 13.9. The molecule has 0 heterocycles. The Balaban J connectivity index is 2.00. The van der Waals surface area contributed by atoms with Gasteiger partial charge in [-0.1, -0.05) is 26.0 Å². The molecule has 4 rings (SSSR count). The van der Waals surface area contributed by atoms with Gasteiger partial charge in [-0.3, -0.25) is 9.59 Å². The smallest absolute Gasteiger partial charge is 0.320 e. The van der Waals surface area contributed by atoms with E-state index in [-0.39, 0.29) is 69.5 Å². The van der Waals surface area contributed by atoms with Crippen LogP contribution in [0.4, 0.5) is 0 Å². The van der Waals surface area contributed by atoms with Crippen LogP contribution < -0.4 is 20.9 Å². The minimum absolute atomic E-state index is 0.0758. The Morgan fingerprint density at radius 2 is 1.02 bits per heavy atom. The van der Waals surface area contributed by atoms with E-state index in [4.69, 9.17) is 11.5 Å². The van der Waals surface area contributed by atoms with Gasteiger partial charge in [0, 0.05) is 50.5 Å². The SMILES string of the molecule is CCC(CC(N)C(=O)O)NS(=O)(=O)c1cc(S(=O)(=O)NC(CC)CC(N)C(=O)O)c2ccc3c(O)cc(O)c4ccc1c2c43. The van der Waals surface area contributed by atoms with Crippen LogP contribution in [0.15, 0.2) is 46.2 Å². The lowest BCUT2D eigenvalue weighted by Crippen LogP contribution is -2.42. The third-order valence-corrected chi connectivity index (χ3v) is 10.8. The predicted molar refractivity (Wildman–Crippen MR) is 163 cm³/mol. The molecule has 4 aromatic rings. The number of nitrogens with one attached hydrogen (secondary N) is 2. The third-order valence-electron chi connectivity index (χ3n) is 7.70. The Hall–Kier alpha value is -3.80. The van der Waals surface area contributed by atoms with Crippen LogP contribution in [-0.2, 0) is 29.6 Å². The second-order valence-electron chi connectivity index (χ2n) is 10.7. The highest BCUT2D eigenvalue weighted by Gasteiger charge is 2.31. The van der Waals surface area contributed by atoms with Gasteiger partial charge in [-0.15, -0.1) is 0 Å². The van der Waals surface area contributed by atoms with E-state index in [1.54, 1.807) is 13.8 Å². The van der Waals surface area contributed by atoms with Crippen LogP contribution in [0.25, 0.3) is 32.3 Å². The summed E-state index contributed by atoms with van der Waals surface area (Å²) in [5.74, 6) is -3.28. The Bertz CT molecular complexity index is 1830. The summed E-state index contributed by atoms with van der Waals surface area (Å²) in [6.07, 6.45) is -0.147. The first-order valence-electron chi connectivity index (χ1n) is 13.7. The van der Waals surface area contributed by atoms with E-state index < -0.39 is 65.9 Å². The van der Waals surface area contributed by atoms with E-state index in [0.29, 0.717) is 0 Å². The third kappa shape index (κ3) is 6.22. The number of carboxylic acids is 2. The summed E-state index contributed by atoms with van der Waals surface area (Å²) in [5, 5.41) is 40.6. The molecule has 0 fully saturated rings. The molecule has 16 heteroatoms. The number of rotatable bonds is 14. The minimum Gasteiger partial charge on any atom is -0.507 e. The van der Waals surface area contributed by atoms with E-state index in [1.165, 1.54) is 24.3 Å². The molecule has 0 bridgehead atoms. The van der Waals surface area contributed by atoms with Gasteiger partial charge in [0.05, 0.1) is 9.79 Å². The molecule has 238 valence electrons. The molecule has 0 aliphatic heterocycles. The number of sulfonamides is 2. The molecule has 4 unspecified atom stereocenters. The summed E-state index contributed by atoms with van der Waals surface area (Å²) < 4.78 is 60.6. The second kappa shape index (κ2) is 12.3. The molecule has 44 heavy (non-hydrogen) atoms. The minimum atomic E-state index is -4.55. The van der Waals surface area contributed by atoms with Gasteiger partial charge in [0.25, 0.3) is 0 Å². The Labute approximate surface area is 253 Å². The summed E-state index contributed by atoms with van der Waals surface area (Å²) in [6, 6.07) is 3.24. The summed E-state index contributed by atoms with van der Waals surface area (Å²) >= 11 is 0. The molecular formula is C28H34N4O10S2. The normalized spacial score (nSPS) is 15.5. The number of phenolic OH excluding ortho intramolecular Hbond substituents is 2. The monoisotopic (exact) mass is 650 g/mol. The number of nitrogens with two attached hydrogens (primary N) is 2. The van der Waals surface area contributed by atoms with E-state index in [2.05, 4.69) is 9.44 Å². The van der Waals surface area contributed by atoms with Gasteiger partial charge in [-0.2, -0.15) is 0 Å². The van der Waals surface area contributed by atoms with Gasteiger partial charge in [0.1, 0.15) is 23.6 Å². The van der Waals surface area contributed by atoms with Crippen molar-refractivity contribution in [1.29, 1.82) is 0 Å². The zero-order chi connectivity index (χ0) is 32.7. The van der Waals surface area contributed by atoms with Gasteiger partial charge in [0.2, 0.25) is 20.0 Å². The fraction of sp³-hybridized carbons (Fsp3) is 0.357. The van der Waals surface area contributed by atoms with Crippen molar-refractivity contribution in [2.24, 2.45) is 11.5 Å². The van der Waals surface area contributed by atoms with E-state index >= 15 is 0 Å². The van der Waals surface area contributed by atoms with Crippen molar-refractivity contribution >= 4 is 64.3 Å². The zero-order valence-corrected chi connectivity index (χ0v) is 25.4. The number of aromatic hydroxyl groups is 2. The average molecular weight is 651 g/mol. The fourth-order valence-electron chi connectivity index (χ4n) is 5.31. The molecule has 10 N–H and O–H groups in total. The topological polar surface area (TPSA) is 259 Å². The van der Waals surface area contributed by atoms with Gasteiger partial charge in [-0.25, -0.2) is 26.3 Å². The number of carbonyl (C=O) groups is 2. The first kappa shape index (κ1) is 33.1. The van der Waals surface area contributed by atoms with Gasteiger partial charge in [-0.05, 0) is 43.9 Å². The predicted octanol–water partition coefficient (Wildman–Crippen LogP) is 1.71. The van der Waals surface area contributed by atoms with E-state index in [1.807, 2.05) is 0 Å².